The number of imide groups is 1. The number of H-pyrrole nitrogens is 1. The van der Waals surface area contributed by atoms with E-state index in [-0.39, 0.29) is 57.4 Å². The van der Waals surface area contributed by atoms with E-state index in [9.17, 15) is 18.8 Å². The molecule has 6 nitrogen and oxygen atoms in total. The van der Waals surface area contributed by atoms with Crippen LogP contribution >= 0.6 is 23.1 Å². The zero-order valence-corrected chi connectivity index (χ0v) is 20.3. The fourth-order valence-electron chi connectivity index (χ4n) is 7.05. The van der Waals surface area contributed by atoms with Crippen LogP contribution in [0.2, 0.25) is 0 Å². The summed E-state index contributed by atoms with van der Waals surface area (Å²) in [7, 11) is 1.63. The molecule has 1 aromatic heterocycles. The summed E-state index contributed by atoms with van der Waals surface area (Å²) >= 11 is 2.91. The molecule has 0 unspecified atom stereocenters. The maximum absolute atomic E-state index is 13.7. The van der Waals surface area contributed by atoms with Gasteiger partial charge in [-0.3, -0.25) is 19.3 Å². The van der Waals surface area contributed by atoms with E-state index in [1.807, 2.05) is 24.3 Å². The molecule has 2 bridgehead atoms. The third-order valence-corrected chi connectivity index (χ3v) is 10.9. The van der Waals surface area contributed by atoms with Crippen LogP contribution in [0.25, 0.3) is 0 Å². The highest BCUT2D eigenvalue weighted by atomic mass is 32.2. The molecule has 2 aromatic carbocycles. The van der Waals surface area contributed by atoms with Crippen molar-refractivity contribution in [3.8, 4) is 5.75 Å². The number of benzene rings is 2. The maximum Gasteiger partial charge on any atom is 0.305 e. The number of halogens is 1. The summed E-state index contributed by atoms with van der Waals surface area (Å²) in [5.74, 6) is -0.523. The first-order valence-electron chi connectivity index (χ1n) is 11.6. The summed E-state index contributed by atoms with van der Waals surface area (Å²) in [6.07, 6.45) is 0.832. The molecule has 1 N–H and O–H groups in total. The third kappa shape index (κ3) is 2.91. The van der Waals surface area contributed by atoms with Crippen molar-refractivity contribution in [2.24, 2.45) is 29.6 Å². The Labute approximate surface area is 208 Å². The predicted molar refractivity (Wildman–Crippen MR) is 130 cm³/mol. The Balaban J connectivity index is 1.31. The number of aromatic amines is 1. The van der Waals surface area contributed by atoms with Crippen molar-refractivity contribution in [2.45, 2.75) is 22.6 Å². The standard InChI is InChI=1S/C26H21FN2O4S2/c1-33-14-8-2-11(3-9-14)17-18-15-10-16(21(18)34-23-22(17)35-26(32)28-23)20-19(15)24(30)29(25(20)31)13-6-4-12(27)5-7-13/h2-9,15-21H,10H2,1H3,(H,28,32)/t15-,16+,17-,18+,19+,20+,21+/m0/s1. The molecule has 35 heavy (non-hydrogen) atoms. The molecular weight excluding hydrogens is 487 g/mol. The van der Waals surface area contributed by atoms with Crippen LogP contribution in [0.4, 0.5) is 10.1 Å². The Morgan fingerprint density at radius 2 is 1.66 bits per heavy atom. The second kappa shape index (κ2) is 7.54. The number of anilines is 1. The number of thioether (sulfide) groups is 1. The minimum atomic E-state index is -0.405. The van der Waals surface area contributed by atoms with E-state index in [4.69, 9.17) is 4.74 Å². The molecule has 1 saturated heterocycles. The van der Waals surface area contributed by atoms with Gasteiger partial charge in [-0.25, -0.2) is 4.39 Å². The zero-order valence-electron chi connectivity index (χ0n) is 18.6. The Morgan fingerprint density at radius 3 is 2.34 bits per heavy atom. The Bertz CT molecular complexity index is 1420. The number of carbonyl (C=O) groups excluding carboxylic acids is 2. The van der Waals surface area contributed by atoms with Gasteiger partial charge in [0.2, 0.25) is 11.8 Å². The first kappa shape index (κ1) is 21.4. The first-order chi connectivity index (χ1) is 17.0. The van der Waals surface area contributed by atoms with E-state index in [0.717, 1.165) is 27.6 Å². The summed E-state index contributed by atoms with van der Waals surface area (Å²) in [5, 5.41) is 1.02. The fourth-order valence-corrected chi connectivity index (χ4v) is 9.93. The lowest BCUT2D eigenvalue weighted by Gasteiger charge is -2.43. The van der Waals surface area contributed by atoms with Crippen LogP contribution in [-0.2, 0) is 9.59 Å². The Morgan fingerprint density at radius 1 is 0.971 bits per heavy atom. The average Bonchev–Trinajstić information content (AvgIpc) is 3.59. The summed E-state index contributed by atoms with van der Waals surface area (Å²) in [4.78, 5) is 44.8. The van der Waals surface area contributed by atoms with Gasteiger partial charge in [-0.2, -0.15) is 0 Å². The number of nitrogens with zero attached hydrogens (tertiary/aromatic N) is 1. The van der Waals surface area contributed by atoms with Gasteiger partial charge in [-0.15, -0.1) is 11.8 Å². The topological polar surface area (TPSA) is 79.5 Å². The van der Waals surface area contributed by atoms with Crippen LogP contribution < -0.4 is 14.5 Å². The third-order valence-electron chi connectivity index (χ3n) is 8.28. The first-order valence-corrected chi connectivity index (χ1v) is 13.3. The van der Waals surface area contributed by atoms with Crippen LogP contribution in [-0.4, -0.2) is 29.2 Å². The molecule has 2 aliphatic carbocycles. The average molecular weight is 509 g/mol. The molecule has 178 valence electrons. The lowest BCUT2D eigenvalue weighted by Crippen LogP contribution is -2.42. The number of rotatable bonds is 3. The summed E-state index contributed by atoms with van der Waals surface area (Å²) < 4.78 is 18.8. The summed E-state index contributed by atoms with van der Waals surface area (Å²) in [6.45, 7) is 0. The summed E-state index contributed by atoms with van der Waals surface area (Å²) in [5.41, 5.74) is 1.52. The predicted octanol–water partition coefficient (Wildman–Crippen LogP) is 4.26. The van der Waals surface area contributed by atoms with Crippen molar-refractivity contribution in [2.75, 3.05) is 12.0 Å². The highest BCUT2D eigenvalue weighted by molar-refractivity contribution is 8.00. The van der Waals surface area contributed by atoms with Crippen LogP contribution in [0.5, 0.6) is 5.75 Å². The van der Waals surface area contributed by atoms with Gasteiger partial charge in [-0.05, 0) is 66.1 Å². The maximum atomic E-state index is 13.7. The molecular formula is C26H21FN2O4S2. The number of methoxy groups -OCH3 is 1. The molecule has 2 amide bonds. The van der Waals surface area contributed by atoms with Crippen LogP contribution in [0.15, 0.2) is 58.4 Å². The highest BCUT2D eigenvalue weighted by Gasteiger charge is 2.69. The van der Waals surface area contributed by atoms with Crippen molar-refractivity contribution in [3.63, 3.8) is 0 Å². The number of amides is 2. The molecule has 0 spiro atoms. The number of carbonyl (C=O) groups is 2. The lowest BCUT2D eigenvalue weighted by atomic mass is 9.68. The van der Waals surface area contributed by atoms with Crippen molar-refractivity contribution in [1.82, 2.24) is 4.98 Å². The van der Waals surface area contributed by atoms with Gasteiger partial charge in [0, 0.05) is 16.0 Å². The van der Waals surface area contributed by atoms with Gasteiger partial charge in [0.25, 0.3) is 0 Å². The van der Waals surface area contributed by atoms with Gasteiger partial charge in [0.05, 0.1) is 29.7 Å². The van der Waals surface area contributed by atoms with E-state index >= 15 is 0 Å². The molecule has 2 saturated carbocycles. The Kier molecular flexibility index (Phi) is 4.61. The van der Waals surface area contributed by atoms with Gasteiger partial charge in [0.1, 0.15) is 11.6 Å². The number of aromatic nitrogens is 1. The van der Waals surface area contributed by atoms with E-state index in [1.165, 1.54) is 40.5 Å². The molecule has 7 rings (SSSR count). The van der Waals surface area contributed by atoms with Crippen molar-refractivity contribution in [1.29, 1.82) is 0 Å². The normalized spacial score (nSPS) is 32.5. The minimum absolute atomic E-state index is 0.0233. The monoisotopic (exact) mass is 508 g/mol. The quantitative estimate of drug-likeness (QED) is 0.535. The molecule has 0 radical (unpaired) electrons. The number of hydrogen-bond acceptors (Lipinski definition) is 6. The van der Waals surface area contributed by atoms with Crippen molar-refractivity contribution < 1.29 is 18.7 Å². The van der Waals surface area contributed by atoms with Crippen LogP contribution in [0, 0.1) is 35.4 Å². The molecule has 3 fully saturated rings. The lowest BCUT2D eigenvalue weighted by molar-refractivity contribution is -0.123. The molecule has 3 aromatic rings. The number of ether oxygens (including phenoxy) is 1. The number of nitrogens with one attached hydrogen (secondary N) is 1. The van der Waals surface area contributed by atoms with Gasteiger partial charge < -0.3 is 9.72 Å². The smallest absolute Gasteiger partial charge is 0.305 e. The molecule has 4 aliphatic rings. The number of fused-ring (bicyclic) bond motifs is 9. The van der Waals surface area contributed by atoms with E-state index in [1.54, 1.807) is 18.9 Å². The van der Waals surface area contributed by atoms with Crippen LogP contribution in [0.3, 0.4) is 0 Å². The van der Waals surface area contributed by atoms with Crippen LogP contribution in [0.1, 0.15) is 22.8 Å². The number of thiazole rings is 1. The fraction of sp³-hybridized carbons (Fsp3) is 0.346. The molecule has 9 heteroatoms. The Hall–Kier alpha value is -2.91. The van der Waals surface area contributed by atoms with Gasteiger partial charge >= 0.3 is 4.87 Å². The highest BCUT2D eigenvalue weighted by Crippen LogP contribution is 2.68. The van der Waals surface area contributed by atoms with E-state index in [2.05, 4.69) is 4.98 Å². The largest absolute Gasteiger partial charge is 0.497 e. The molecule has 3 heterocycles. The van der Waals surface area contributed by atoms with E-state index in [0.29, 0.717) is 5.69 Å². The number of hydrogen-bond donors (Lipinski definition) is 1. The minimum Gasteiger partial charge on any atom is -0.497 e. The SMILES string of the molecule is COc1ccc([C@@H]2c3sc(=O)[nH]c3S[C@@H]3[C@@H]4C[C@H]([C@H]5C(=O)N(c6ccc(F)cc6)C(=O)[C@H]45)[C@H]23)cc1. The van der Waals surface area contributed by atoms with Crippen molar-refractivity contribution in [3.05, 3.63) is 74.5 Å². The second-order valence-electron chi connectivity index (χ2n) is 9.72. The molecule has 7 atom stereocenters. The molecule has 2 aliphatic heterocycles. The van der Waals surface area contributed by atoms with Gasteiger partial charge in [0.15, 0.2) is 0 Å². The van der Waals surface area contributed by atoms with E-state index < -0.39 is 5.82 Å². The van der Waals surface area contributed by atoms with Gasteiger partial charge in [-0.1, -0.05) is 23.5 Å². The second-order valence-corrected chi connectivity index (χ2v) is 11.9. The van der Waals surface area contributed by atoms with Crippen molar-refractivity contribution >= 4 is 40.6 Å². The summed E-state index contributed by atoms with van der Waals surface area (Å²) in [6, 6.07) is 13.5. The zero-order chi connectivity index (χ0) is 24.0.